The molecule has 7 heteroatoms. The molecule has 0 saturated heterocycles. The smallest absolute Gasteiger partial charge is 0.244 e. The van der Waals surface area contributed by atoms with Gasteiger partial charge in [0.2, 0.25) is 10.0 Å². The highest BCUT2D eigenvalue weighted by atomic mass is 35.5. The van der Waals surface area contributed by atoms with Crippen LogP contribution < -0.4 is 9.46 Å². The van der Waals surface area contributed by atoms with Gasteiger partial charge in [-0.1, -0.05) is 30.2 Å². The Bertz CT molecular complexity index is 843. The number of hydrogen-bond donors (Lipinski definition) is 2. The zero-order valence-electron chi connectivity index (χ0n) is 13.1. The van der Waals surface area contributed by atoms with E-state index in [1.807, 2.05) is 13.0 Å². The third kappa shape index (κ3) is 3.50. The van der Waals surface area contributed by atoms with E-state index in [0.29, 0.717) is 10.8 Å². The number of benzene rings is 2. The number of ether oxygens (including phenoxy) is 1. The molecule has 1 saturated carbocycles. The van der Waals surface area contributed by atoms with Crippen LogP contribution in [0.5, 0.6) is 17.2 Å². The SMILES string of the molecule is Cc1cccc(Cl)c1Oc1ccc(O)c(S(=O)(=O)NC2CCC2)c1. The van der Waals surface area contributed by atoms with E-state index in [9.17, 15) is 13.5 Å². The maximum absolute atomic E-state index is 12.4. The Morgan fingerprint density at radius 3 is 2.62 bits per heavy atom. The monoisotopic (exact) mass is 367 g/mol. The van der Waals surface area contributed by atoms with E-state index in [-0.39, 0.29) is 22.4 Å². The molecule has 3 rings (SSSR count). The lowest BCUT2D eigenvalue weighted by atomic mass is 9.94. The van der Waals surface area contributed by atoms with Gasteiger partial charge in [0, 0.05) is 12.1 Å². The zero-order chi connectivity index (χ0) is 17.3. The predicted octanol–water partition coefficient (Wildman–Crippen LogP) is 3.98. The van der Waals surface area contributed by atoms with Crippen LogP contribution in [0.25, 0.3) is 0 Å². The third-order valence-corrected chi connectivity index (χ3v) is 5.88. The normalized spacial score (nSPS) is 15.1. The van der Waals surface area contributed by atoms with Gasteiger partial charge in [-0.15, -0.1) is 0 Å². The van der Waals surface area contributed by atoms with Gasteiger partial charge in [-0.05, 0) is 43.5 Å². The first-order chi connectivity index (χ1) is 11.4. The van der Waals surface area contributed by atoms with Crippen LogP contribution >= 0.6 is 11.6 Å². The fraction of sp³-hybridized carbons (Fsp3) is 0.294. The Morgan fingerprint density at radius 1 is 1.25 bits per heavy atom. The largest absolute Gasteiger partial charge is 0.507 e. The summed E-state index contributed by atoms with van der Waals surface area (Å²) in [5.74, 6) is 0.434. The molecule has 1 aliphatic carbocycles. The van der Waals surface area contributed by atoms with Crippen LogP contribution in [-0.4, -0.2) is 19.6 Å². The van der Waals surface area contributed by atoms with Crippen molar-refractivity contribution in [1.29, 1.82) is 0 Å². The second-order valence-corrected chi connectivity index (χ2v) is 7.96. The molecule has 1 aliphatic rings. The molecule has 0 atom stereocenters. The van der Waals surface area contributed by atoms with Gasteiger partial charge in [-0.25, -0.2) is 13.1 Å². The summed E-state index contributed by atoms with van der Waals surface area (Å²) in [7, 11) is -3.80. The average molecular weight is 368 g/mol. The van der Waals surface area contributed by atoms with Gasteiger partial charge >= 0.3 is 0 Å². The van der Waals surface area contributed by atoms with E-state index in [1.54, 1.807) is 12.1 Å². The van der Waals surface area contributed by atoms with E-state index < -0.39 is 10.0 Å². The fourth-order valence-corrected chi connectivity index (χ4v) is 4.12. The maximum atomic E-state index is 12.4. The summed E-state index contributed by atoms with van der Waals surface area (Å²) >= 11 is 6.13. The van der Waals surface area contributed by atoms with E-state index in [1.165, 1.54) is 18.2 Å². The quantitative estimate of drug-likeness (QED) is 0.838. The molecule has 0 amide bonds. The van der Waals surface area contributed by atoms with Crippen molar-refractivity contribution in [2.75, 3.05) is 0 Å². The van der Waals surface area contributed by atoms with Crippen molar-refractivity contribution >= 4 is 21.6 Å². The second-order valence-electron chi connectivity index (χ2n) is 5.87. The van der Waals surface area contributed by atoms with Crippen LogP contribution in [0.4, 0.5) is 0 Å². The van der Waals surface area contributed by atoms with Crippen molar-refractivity contribution in [3.8, 4) is 17.2 Å². The van der Waals surface area contributed by atoms with E-state index >= 15 is 0 Å². The van der Waals surface area contributed by atoms with Gasteiger partial charge in [0.05, 0.1) is 5.02 Å². The standard InChI is InChI=1S/C17H18ClNO4S/c1-11-4-2-7-14(18)17(11)23-13-8-9-15(20)16(10-13)24(21,22)19-12-5-3-6-12/h2,4,7-10,12,19-20H,3,5-6H2,1H3. The molecule has 1 fully saturated rings. The van der Waals surface area contributed by atoms with Gasteiger partial charge < -0.3 is 9.84 Å². The van der Waals surface area contributed by atoms with Crippen LogP contribution in [0.15, 0.2) is 41.3 Å². The zero-order valence-corrected chi connectivity index (χ0v) is 14.7. The number of aryl methyl sites for hydroxylation is 1. The highest BCUT2D eigenvalue weighted by Gasteiger charge is 2.27. The van der Waals surface area contributed by atoms with Crippen molar-refractivity contribution in [3.05, 3.63) is 47.0 Å². The molecule has 0 radical (unpaired) electrons. The Morgan fingerprint density at radius 2 is 2.00 bits per heavy atom. The van der Waals surface area contributed by atoms with Gasteiger partial charge in [0.25, 0.3) is 0 Å². The Balaban J connectivity index is 1.91. The van der Waals surface area contributed by atoms with Crippen LogP contribution in [-0.2, 0) is 10.0 Å². The second kappa shape index (κ2) is 6.63. The molecule has 0 unspecified atom stereocenters. The summed E-state index contributed by atoms with van der Waals surface area (Å²) < 4.78 is 33.2. The number of nitrogens with one attached hydrogen (secondary N) is 1. The molecule has 24 heavy (non-hydrogen) atoms. The first kappa shape index (κ1) is 17.1. The van der Waals surface area contributed by atoms with Gasteiger partial charge in [0.15, 0.2) is 0 Å². The summed E-state index contributed by atoms with van der Waals surface area (Å²) in [6.07, 6.45) is 2.64. The number of halogens is 1. The maximum Gasteiger partial charge on any atom is 0.244 e. The van der Waals surface area contributed by atoms with E-state index in [0.717, 1.165) is 24.8 Å². The van der Waals surface area contributed by atoms with Crippen molar-refractivity contribution in [2.45, 2.75) is 37.1 Å². The minimum Gasteiger partial charge on any atom is -0.507 e. The fourth-order valence-electron chi connectivity index (χ4n) is 2.45. The molecule has 0 heterocycles. The number of phenols is 1. The topological polar surface area (TPSA) is 75.6 Å². The number of phenolic OH excluding ortho intramolecular Hbond substituents is 1. The van der Waals surface area contributed by atoms with Crippen molar-refractivity contribution < 1.29 is 18.3 Å². The molecule has 0 aromatic heterocycles. The highest BCUT2D eigenvalue weighted by molar-refractivity contribution is 7.89. The number of hydrogen-bond acceptors (Lipinski definition) is 4. The van der Waals surface area contributed by atoms with Crippen LogP contribution in [0.1, 0.15) is 24.8 Å². The summed E-state index contributed by atoms with van der Waals surface area (Å²) in [5.41, 5.74) is 0.826. The van der Waals surface area contributed by atoms with Crippen molar-refractivity contribution in [2.24, 2.45) is 0 Å². The number of rotatable bonds is 5. The number of aromatic hydroxyl groups is 1. The molecule has 0 bridgehead atoms. The van der Waals surface area contributed by atoms with Crippen LogP contribution in [0.2, 0.25) is 5.02 Å². The average Bonchev–Trinajstić information content (AvgIpc) is 2.48. The van der Waals surface area contributed by atoms with Gasteiger partial charge in [-0.3, -0.25) is 0 Å². The molecule has 2 N–H and O–H groups in total. The van der Waals surface area contributed by atoms with Gasteiger partial charge in [0.1, 0.15) is 22.1 Å². The molecule has 0 spiro atoms. The van der Waals surface area contributed by atoms with Crippen molar-refractivity contribution in [1.82, 2.24) is 4.72 Å². The lowest BCUT2D eigenvalue weighted by molar-refractivity contribution is 0.382. The minimum absolute atomic E-state index is 0.0650. The molecule has 2 aromatic carbocycles. The lowest BCUT2D eigenvalue weighted by Crippen LogP contribution is -2.39. The van der Waals surface area contributed by atoms with Gasteiger partial charge in [-0.2, -0.15) is 0 Å². The molecular formula is C17H18ClNO4S. The summed E-state index contributed by atoms with van der Waals surface area (Å²) in [6.45, 7) is 1.84. The molecule has 2 aromatic rings. The summed E-state index contributed by atoms with van der Waals surface area (Å²) in [5, 5.41) is 10.4. The molecule has 5 nitrogen and oxygen atoms in total. The van der Waals surface area contributed by atoms with Crippen LogP contribution in [0, 0.1) is 6.92 Å². The third-order valence-electron chi connectivity index (χ3n) is 4.03. The predicted molar refractivity (Wildman–Crippen MR) is 92.3 cm³/mol. The summed E-state index contributed by atoms with van der Waals surface area (Å²) in [6, 6.07) is 9.39. The van der Waals surface area contributed by atoms with Crippen LogP contribution in [0.3, 0.4) is 0 Å². The highest BCUT2D eigenvalue weighted by Crippen LogP contribution is 2.35. The molecule has 0 aliphatic heterocycles. The first-order valence-corrected chi connectivity index (χ1v) is 9.51. The Hall–Kier alpha value is -1.76. The lowest BCUT2D eigenvalue weighted by Gasteiger charge is -2.26. The number of para-hydroxylation sites is 1. The minimum atomic E-state index is -3.80. The summed E-state index contributed by atoms with van der Waals surface area (Å²) in [4.78, 5) is -0.198. The number of sulfonamides is 1. The molecule has 128 valence electrons. The molecular weight excluding hydrogens is 350 g/mol. The Kier molecular flexibility index (Phi) is 4.71. The van der Waals surface area contributed by atoms with Crippen molar-refractivity contribution in [3.63, 3.8) is 0 Å². The first-order valence-electron chi connectivity index (χ1n) is 7.65. The Labute approximate surface area is 146 Å². The van der Waals surface area contributed by atoms with E-state index in [2.05, 4.69) is 4.72 Å². The van der Waals surface area contributed by atoms with E-state index in [4.69, 9.17) is 16.3 Å².